The van der Waals surface area contributed by atoms with E-state index in [0.29, 0.717) is 11.0 Å². The van der Waals surface area contributed by atoms with E-state index >= 15 is 0 Å². The normalized spacial score (nSPS) is 10.2. The van der Waals surface area contributed by atoms with Gasteiger partial charge in [-0.2, -0.15) is 4.98 Å². The molecule has 2 rings (SSSR count). The zero-order chi connectivity index (χ0) is 13.0. The van der Waals surface area contributed by atoms with Crippen LogP contribution in [-0.4, -0.2) is 23.3 Å². The summed E-state index contributed by atoms with van der Waals surface area (Å²) < 4.78 is 6.86. The highest BCUT2D eigenvalue weighted by atomic mass is 127. The van der Waals surface area contributed by atoms with Crippen LogP contribution in [0.25, 0.3) is 0 Å². The zero-order valence-electron chi connectivity index (χ0n) is 9.98. The Balaban J connectivity index is 2.28. The average Bonchev–Trinajstić information content (AvgIpc) is 2.38. The smallest absolute Gasteiger partial charge is 0.225 e. The lowest BCUT2D eigenvalue weighted by molar-refractivity contribution is 0.456. The van der Waals surface area contributed by atoms with Gasteiger partial charge in [0, 0.05) is 16.7 Å². The fraction of sp³-hybridized carbons (Fsp3) is 0.167. The van der Waals surface area contributed by atoms with Crippen molar-refractivity contribution in [3.05, 3.63) is 33.9 Å². The molecule has 0 aliphatic carbocycles. The molecule has 0 amide bonds. The number of anilines is 1. The molecule has 0 aliphatic heterocycles. The van der Waals surface area contributed by atoms with Gasteiger partial charge in [0.1, 0.15) is 11.6 Å². The number of nitrogens with zero attached hydrogens (tertiary/aromatic N) is 2. The van der Waals surface area contributed by atoms with Crippen molar-refractivity contribution in [1.82, 2.24) is 9.97 Å². The molecular formula is C12H12IN3OS. The van der Waals surface area contributed by atoms with Gasteiger partial charge in [-0.05, 0) is 47.0 Å². The van der Waals surface area contributed by atoms with Crippen LogP contribution >= 0.6 is 34.4 Å². The third kappa shape index (κ3) is 3.49. The first-order chi connectivity index (χ1) is 8.71. The van der Waals surface area contributed by atoms with Crippen molar-refractivity contribution in [2.24, 2.45) is 0 Å². The second kappa shape index (κ2) is 6.24. The van der Waals surface area contributed by atoms with E-state index in [1.54, 1.807) is 6.07 Å². The summed E-state index contributed by atoms with van der Waals surface area (Å²) in [6, 6.07) is 9.61. The predicted molar refractivity (Wildman–Crippen MR) is 82.6 cm³/mol. The standard InChI is InChI=1S/C12H12IN3OS/c1-14-10-7-11(16-12(15-10)18-2)17-9-5-3-4-8(13)6-9/h3-7H,1-2H3,(H,14,15,16). The molecule has 0 aliphatic rings. The summed E-state index contributed by atoms with van der Waals surface area (Å²) in [6.45, 7) is 0. The lowest BCUT2D eigenvalue weighted by Crippen LogP contribution is -1.98. The number of hydrogen-bond acceptors (Lipinski definition) is 5. The summed E-state index contributed by atoms with van der Waals surface area (Å²) in [6.07, 6.45) is 1.93. The first-order valence-corrected chi connectivity index (χ1v) is 7.56. The molecule has 0 spiro atoms. The van der Waals surface area contributed by atoms with E-state index in [9.17, 15) is 0 Å². The summed E-state index contributed by atoms with van der Waals surface area (Å²) in [7, 11) is 1.82. The van der Waals surface area contributed by atoms with Gasteiger partial charge in [0.15, 0.2) is 5.16 Å². The Labute approximate surface area is 124 Å². The van der Waals surface area contributed by atoms with Crippen LogP contribution in [0.4, 0.5) is 5.82 Å². The number of nitrogens with one attached hydrogen (secondary N) is 1. The molecule has 94 valence electrons. The number of benzene rings is 1. The lowest BCUT2D eigenvalue weighted by atomic mass is 10.3. The van der Waals surface area contributed by atoms with Crippen LogP contribution in [0.5, 0.6) is 11.6 Å². The maximum absolute atomic E-state index is 5.73. The van der Waals surface area contributed by atoms with E-state index in [0.717, 1.165) is 15.1 Å². The summed E-state index contributed by atoms with van der Waals surface area (Å²) in [5, 5.41) is 3.68. The van der Waals surface area contributed by atoms with Crippen LogP contribution in [0.15, 0.2) is 35.5 Å². The molecule has 0 atom stereocenters. The fourth-order valence-corrected chi connectivity index (χ4v) is 2.21. The largest absolute Gasteiger partial charge is 0.439 e. The van der Waals surface area contributed by atoms with Gasteiger partial charge in [-0.3, -0.25) is 0 Å². The summed E-state index contributed by atoms with van der Waals surface area (Å²) in [5.74, 6) is 2.06. The first-order valence-electron chi connectivity index (χ1n) is 5.25. The summed E-state index contributed by atoms with van der Waals surface area (Å²) >= 11 is 3.73. The minimum absolute atomic E-state index is 0.542. The molecule has 1 heterocycles. The van der Waals surface area contributed by atoms with E-state index in [-0.39, 0.29) is 0 Å². The van der Waals surface area contributed by atoms with Gasteiger partial charge >= 0.3 is 0 Å². The van der Waals surface area contributed by atoms with Crippen molar-refractivity contribution in [2.75, 3.05) is 18.6 Å². The van der Waals surface area contributed by atoms with Gasteiger partial charge in [0.2, 0.25) is 5.88 Å². The predicted octanol–water partition coefficient (Wildman–Crippen LogP) is 3.64. The highest BCUT2D eigenvalue weighted by Gasteiger charge is 2.05. The quantitative estimate of drug-likeness (QED) is 0.504. The highest BCUT2D eigenvalue weighted by molar-refractivity contribution is 14.1. The number of halogens is 1. The lowest BCUT2D eigenvalue weighted by Gasteiger charge is -2.08. The number of thioether (sulfide) groups is 1. The number of rotatable bonds is 4. The average molecular weight is 373 g/mol. The Kier molecular flexibility index (Phi) is 4.65. The van der Waals surface area contributed by atoms with Crippen LogP contribution in [-0.2, 0) is 0 Å². The minimum Gasteiger partial charge on any atom is -0.439 e. The van der Waals surface area contributed by atoms with E-state index in [2.05, 4.69) is 37.9 Å². The molecule has 1 aromatic carbocycles. The molecular weight excluding hydrogens is 361 g/mol. The topological polar surface area (TPSA) is 47.0 Å². The molecule has 6 heteroatoms. The minimum atomic E-state index is 0.542. The SMILES string of the molecule is CNc1cc(Oc2cccc(I)c2)nc(SC)n1. The monoisotopic (exact) mass is 373 g/mol. The van der Waals surface area contributed by atoms with Crippen molar-refractivity contribution >= 4 is 40.2 Å². The Hall–Kier alpha value is -1.02. The molecule has 0 radical (unpaired) electrons. The molecule has 18 heavy (non-hydrogen) atoms. The van der Waals surface area contributed by atoms with Gasteiger partial charge < -0.3 is 10.1 Å². The van der Waals surface area contributed by atoms with Crippen LogP contribution in [0.3, 0.4) is 0 Å². The van der Waals surface area contributed by atoms with Gasteiger partial charge in [0.25, 0.3) is 0 Å². The third-order valence-electron chi connectivity index (χ3n) is 2.14. The zero-order valence-corrected chi connectivity index (χ0v) is 12.9. The van der Waals surface area contributed by atoms with Crippen molar-refractivity contribution in [3.63, 3.8) is 0 Å². The summed E-state index contributed by atoms with van der Waals surface area (Å²) in [4.78, 5) is 8.60. The van der Waals surface area contributed by atoms with Crippen molar-refractivity contribution in [1.29, 1.82) is 0 Å². The van der Waals surface area contributed by atoms with E-state index in [1.807, 2.05) is 37.6 Å². The molecule has 2 aromatic rings. The second-order valence-electron chi connectivity index (χ2n) is 3.39. The molecule has 1 N–H and O–H groups in total. The van der Waals surface area contributed by atoms with E-state index < -0.39 is 0 Å². The maximum Gasteiger partial charge on any atom is 0.225 e. The fourth-order valence-electron chi connectivity index (χ4n) is 1.33. The Morgan fingerprint density at radius 2 is 2.11 bits per heavy atom. The van der Waals surface area contributed by atoms with Crippen molar-refractivity contribution < 1.29 is 4.74 Å². The molecule has 1 aromatic heterocycles. The molecule has 0 fully saturated rings. The van der Waals surface area contributed by atoms with E-state index in [4.69, 9.17) is 4.74 Å². The second-order valence-corrected chi connectivity index (χ2v) is 5.41. The van der Waals surface area contributed by atoms with Crippen LogP contribution in [0.2, 0.25) is 0 Å². The molecule has 4 nitrogen and oxygen atoms in total. The number of ether oxygens (including phenoxy) is 1. The molecule has 0 unspecified atom stereocenters. The Morgan fingerprint density at radius 1 is 1.28 bits per heavy atom. The maximum atomic E-state index is 5.73. The first kappa shape index (κ1) is 13.4. The molecule has 0 bridgehead atoms. The van der Waals surface area contributed by atoms with E-state index in [1.165, 1.54) is 11.8 Å². The highest BCUT2D eigenvalue weighted by Crippen LogP contribution is 2.24. The Morgan fingerprint density at radius 3 is 2.78 bits per heavy atom. The summed E-state index contributed by atoms with van der Waals surface area (Å²) in [5.41, 5.74) is 0. The molecule has 0 saturated heterocycles. The van der Waals surface area contributed by atoms with Gasteiger partial charge in [-0.25, -0.2) is 4.98 Å². The van der Waals surface area contributed by atoms with Crippen molar-refractivity contribution in [3.8, 4) is 11.6 Å². The number of aromatic nitrogens is 2. The van der Waals surface area contributed by atoms with Crippen LogP contribution < -0.4 is 10.1 Å². The van der Waals surface area contributed by atoms with Gasteiger partial charge in [-0.15, -0.1) is 0 Å². The van der Waals surface area contributed by atoms with Crippen LogP contribution in [0.1, 0.15) is 0 Å². The third-order valence-corrected chi connectivity index (χ3v) is 3.36. The van der Waals surface area contributed by atoms with Gasteiger partial charge in [0.05, 0.1) is 0 Å². The van der Waals surface area contributed by atoms with Gasteiger partial charge in [-0.1, -0.05) is 17.8 Å². The van der Waals surface area contributed by atoms with Crippen LogP contribution in [0, 0.1) is 3.57 Å². The Bertz CT molecular complexity index is 528. The molecule has 0 saturated carbocycles. The van der Waals surface area contributed by atoms with Crippen molar-refractivity contribution in [2.45, 2.75) is 5.16 Å². The number of hydrogen-bond donors (Lipinski definition) is 1.